The molecule has 2 atom stereocenters. The number of primary amides is 1. The van der Waals surface area contributed by atoms with Crippen LogP contribution < -0.4 is 16.4 Å². The van der Waals surface area contributed by atoms with E-state index in [4.69, 9.17) is 15.2 Å². The highest BCUT2D eigenvalue weighted by atomic mass is 16.6. The van der Waals surface area contributed by atoms with Crippen molar-refractivity contribution in [3.8, 4) is 0 Å². The third kappa shape index (κ3) is 9.72. The van der Waals surface area contributed by atoms with Crippen molar-refractivity contribution in [1.29, 1.82) is 0 Å². The number of rotatable bonds is 10. The van der Waals surface area contributed by atoms with Crippen LogP contribution in [0.4, 0.5) is 4.79 Å². The Morgan fingerprint density at radius 1 is 0.853 bits per heavy atom. The molecular formula is C25H31N3O6. The van der Waals surface area contributed by atoms with E-state index in [1.165, 1.54) is 0 Å². The molecule has 4 N–H and O–H groups in total. The van der Waals surface area contributed by atoms with Gasteiger partial charge in [-0.15, -0.1) is 0 Å². The summed E-state index contributed by atoms with van der Waals surface area (Å²) < 4.78 is 10.4. The van der Waals surface area contributed by atoms with Crippen molar-refractivity contribution in [3.05, 3.63) is 71.8 Å². The number of hydrogen-bond donors (Lipinski definition) is 3. The number of alkyl carbamates (subject to hydrolysis) is 1. The van der Waals surface area contributed by atoms with E-state index in [0.29, 0.717) is 0 Å². The first-order chi connectivity index (χ1) is 16.0. The number of benzene rings is 2. The molecule has 0 aliphatic carbocycles. The third-order valence-electron chi connectivity index (χ3n) is 4.56. The van der Waals surface area contributed by atoms with E-state index in [-0.39, 0.29) is 13.0 Å². The maximum absolute atomic E-state index is 13.0. The molecule has 0 aliphatic heterocycles. The first-order valence-electron chi connectivity index (χ1n) is 10.9. The first kappa shape index (κ1) is 26.4. The van der Waals surface area contributed by atoms with Gasteiger partial charge in [0.1, 0.15) is 24.3 Å². The molecule has 0 heterocycles. The second-order valence-corrected chi connectivity index (χ2v) is 8.70. The lowest BCUT2D eigenvalue weighted by molar-refractivity contribution is -0.147. The van der Waals surface area contributed by atoms with Gasteiger partial charge in [0.15, 0.2) is 0 Å². The molecule has 0 saturated heterocycles. The summed E-state index contributed by atoms with van der Waals surface area (Å²) in [6.07, 6.45) is -1.20. The van der Waals surface area contributed by atoms with Gasteiger partial charge in [-0.05, 0) is 31.9 Å². The zero-order chi connectivity index (χ0) is 25.1. The SMILES string of the molecule is CC(C)(C)OC(=O)N[C@@H](CC(=O)OCc1ccccc1)C(=O)N[C@@H](Cc1ccccc1)C(N)=O. The molecule has 9 heteroatoms. The summed E-state index contributed by atoms with van der Waals surface area (Å²) in [4.78, 5) is 49.6. The van der Waals surface area contributed by atoms with Crippen molar-refractivity contribution in [1.82, 2.24) is 10.6 Å². The van der Waals surface area contributed by atoms with E-state index >= 15 is 0 Å². The maximum atomic E-state index is 13.0. The number of carbonyl (C=O) groups excluding carboxylic acids is 4. The fraction of sp³-hybridized carbons (Fsp3) is 0.360. The second-order valence-electron chi connectivity index (χ2n) is 8.70. The maximum Gasteiger partial charge on any atom is 0.408 e. The number of hydrogen-bond acceptors (Lipinski definition) is 6. The summed E-state index contributed by atoms with van der Waals surface area (Å²) in [5, 5.41) is 4.91. The van der Waals surface area contributed by atoms with Crippen LogP contribution in [0, 0.1) is 0 Å². The topological polar surface area (TPSA) is 137 Å². The molecule has 0 saturated carbocycles. The van der Waals surface area contributed by atoms with Crippen LogP contribution in [-0.2, 0) is 36.9 Å². The van der Waals surface area contributed by atoms with Gasteiger partial charge in [0.2, 0.25) is 11.8 Å². The van der Waals surface area contributed by atoms with Gasteiger partial charge in [-0.2, -0.15) is 0 Å². The molecule has 0 fully saturated rings. The number of esters is 1. The van der Waals surface area contributed by atoms with Crippen LogP contribution in [0.2, 0.25) is 0 Å². The normalized spacial score (nSPS) is 12.7. The first-order valence-corrected chi connectivity index (χ1v) is 10.9. The lowest BCUT2D eigenvalue weighted by Gasteiger charge is -2.24. The Bertz CT molecular complexity index is 973. The highest BCUT2D eigenvalue weighted by Gasteiger charge is 2.30. The monoisotopic (exact) mass is 469 g/mol. The van der Waals surface area contributed by atoms with Crippen molar-refractivity contribution in [2.75, 3.05) is 0 Å². The Kier molecular flexibility index (Phi) is 9.61. The quantitative estimate of drug-likeness (QED) is 0.457. The van der Waals surface area contributed by atoms with Crippen molar-refractivity contribution in [3.63, 3.8) is 0 Å². The van der Waals surface area contributed by atoms with Crippen molar-refractivity contribution in [2.24, 2.45) is 5.73 Å². The lowest BCUT2D eigenvalue weighted by atomic mass is 10.0. The number of carbonyl (C=O) groups is 4. The van der Waals surface area contributed by atoms with E-state index in [9.17, 15) is 19.2 Å². The minimum atomic E-state index is -1.34. The molecule has 34 heavy (non-hydrogen) atoms. The number of nitrogens with one attached hydrogen (secondary N) is 2. The van der Waals surface area contributed by atoms with Gasteiger partial charge in [0.25, 0.3) is 0 Å². The molecular weight excluding hydrogens is 438 g/mol. The third-order valence-corrected chi connectivity index (χ3v) is 4.56. The molecule has 2 rings (SSSR count). The van der Waals surface area contributed by atoms with Crippen LogP contribution in [0.1, 0.15) is 38.3 Å². The molecule has 0 aromatic heterocycles. The van der Waals surface area contributed by atoms with Gasteiger partial charge in [-0.3, -0.25) is 14.4 Å². The molecule has 2 aromatic carbocycles. The molecule has 0 radical (unpaired) electrons. The average molecular weight is 470 g/mol. The molecule has 0 spiro atoms. The fourth-order valence-electron chi connectivity index (χ4n) is 2.97. The molecule has 182 valence electrons. The van der Waals surface area contributed by atoms with Gasteiger partial charge in [-0.1, -0.05) is 60.7 Å². The van der Waals surface area contributed by atoms with Crippen LogP contribution in [0.5, 0.6) is 0 Å². The van der Waals surface area contributed by atoms with E-state index in [0.717, 1.165) is 11.1 Å². The summed E-state index contributed by atoms with van der Waals surface area (Å²) in [5.41, 5.74) is 6.21. The standard InChI is InChI=1S/C25H31N3O6/c1-25(2,3)34-24(32)28-20(15-21(29)33-16-18-12-8-5-9-13-18)23(31)27-19(22(26)30)14-17-10-6-4-7-11-17/h4-13,19-20H,14-16H2,1-3H3,(H2,26,30)(H,27,31)(H,28,32)/t19-,20-/m0/s1. The van der Waals surface area contributed by atoms with Crippen molar-refractivity contribution >= 4 is 23.9 Å². The smallest absolute Gasteiger partial charge is 0.408 e. The zero-order valence-corrected chi connectivity index (χ0v) is 19.6. The largest absolute Gasteiger partial charge is 0.461 e. The number of nitrogens with two attached hydrogens (primary N) is 1. The second kappa shape index (κ2) is 12.4. The van der Waals surface area contributed by atoms with Crippen LogP contribution in [-0.4, -0.2) is 41.6 Å². The molecule has 0 aliphatic rings. The Balaban J connectivity index is 2.09. The van der Waals surface area contributed by atoms with Crippen molar-refractivity contribution < 1.29 is 28.7 Å². The number of ether oxygens (including phenoxy) is 2. The van der Waals surface area contributed by atoms with Crippen LogP contribution in [0.25, 0.3) is 0 Å². The summed E-state index contributed by atoms with van der Waals surface area (Å²) in [6, 6.07) is 15.6. The van der Waals surface area contributed by atoms with Crippen LogP contribution in [0.3, 0.4) is 0 Å². The highest BCUT2D eigenvalue weighted by molar-refractivity contribution is 5.93. The van der Waals surface area contributed by atoms with Crippen LogP contribution in [0.15, 0.2) is 60.7 Å². The summed E-state index contributed by atoms with van der Waals surface area (Å²) in [7, 11) is 0. The number of amides is 3. The summed E-state index contributed by atoms with van der Waals surface area (Å²) in [5.74, 6) is -2.22. The minimum absolute atomic E-state index is 0.0123. The Morgan fingerprint density at radius 2 is 1.41 bits per heavy atom. The summed E-state index contributed by atoms with van der Waals surface area (Å²) in [6.45, 7) is 5.01. The van der Waals surface area contributed by atoms with Gasteiger partial charge < -0.3 is 25.8 Å². The van der Waals surface area contributed by atoms with E-state index in [1.54, 1.807) is 69.3 Å². The average Bonchev–Trinajstić information content (AvgIpc) is 2.77. The fourth-order valence-corrected chi connectivity index (χ4v) is 2.97. The molecule has 3 amide bonds. The molecule has 2 aromatic rings. The van der Waals surface area contributed by atoms with E-state index < -0.39 is 48.0 Å². The highest BCUT2D eigenvalue weighted by Crippen LogP contribution is 2.09. The Hall–Kier alpha value is -3.88. The Labute approximate surface area is 199 Å². The van der Waals surface area contributed by atoms with Crippen LogP contribution >= 0.6 is 0 Å². The lowest BCUT2D eigenvalue weighted by Crippen LogP contribution is -2.54. The summed E-state index contributed by atoms with van der Waals surface area (Å²) >= 11 is 0. The minimum Gasteiger partial charge on any atom is -0.461 e. The van der Waals surface area contributed by atoms with Crippen molar-refractivity contribution in [2.45, 2.75) is 57.9 Å². The molecule has 0 unspecified atom stereocenters. The predicted octanol–water partition coefficient (Wildman–Crippen LogP) is 2.23. The van der Waals surface area contributed by atoms with E-state index in [2.05, 4.69) is 10.6 Å². The van der Waals surface area contributed by atoms with Gasteiger partial charge >= 0.3 is 12.1 Å². The van der Waals surface area contributed by atoms with Gasteiger partial charge in [-0.25, -0.2) is 4.79 Å². The van der Waals surface area contributed by atoms with Gasteiger partial charge in [0.05, 0.1) is 6.42 Å². The Morgan fingerprint density at radius 3 is 1.94 bits per heavy atom. The molecule has 9 nitrogen and oxygen atoms in total. The van der Waals surface area contributed by atoms with E-state index in [1.807, 2.05) is 12.1 Å². The molecule has 0 bridgehead atoms. The zero-order valence-electron chi connectivity index (χ0n) is 19.6. The van der Waals surface area contributed by atoms with Gasteiger partial charge in [0, 0.05) is 6.42 Å². The predicted molar refractivity (Wildman–Crippen MR) is 125 cm³/mol.